The molecule has 1 aliphatic heterocycles. The number of carbonyl (C=O) groups is 2. The summed E-state index contributed by atoms with van der Waals surface area (Å²) in [5.74, 6) is -1.63. The number of carbonyl (C=O) groups excluding carboxylic acids is 2. The van der Waals surface area contributed by atoms with Crippen LogP contribution in [0, 0.1) is 5.82 Å². The number of nitrogens with zero attached hydrogens (tertiary/aromatic N) is 3. The molecule has 0 fully saturated rings. The largest absolute Gasteiger partial charge is 0.329 e. The number of rotatable bonds is 3. The molecular formula is C17H18BrFN4O2. The smallest absolute Gasteiger partial charge is 0.254 e. The van der Waals surface area contributed by atoms with Crippen molar-refractivity contribution in [1.29, 1.82) is 0 Å². The molecule has 0 saturated carbocycles. The summed E-state index contributed by atoms with van der Waals surface area (Å²) in [6, 6.07) is 5.42. The fourth-order valence-corrected chi connectivity index (χ4v) is 2.81. The van der Waals surface area contributed by atoms with E-state index in [9.17, 15) is 14.0 Å². The molecule has 8 heteroatoms. The van der Waals surface area contributed by atoms with E-state index in [0.717, 1.165) is 22.6 Å². The van der Waals surface area contributed by atoms with Gasteiger partial charge in [-0.1, -0.05) is 29.8 Å². The maximum absolute atomic E-state index is 13.4. The summed E-state index contributed by atoms with van der Waals surface area (Å²) in [6.45, 7) is 4.28. The minimum Gasteiger partial charge on any atom is -0.329 e. The molecule has 1 aromatic carbocycles. The zero-order valence-corrected chi connectivity index (χ0v) is 15.5. The average molecular weight is 409 g/mol. The average Bonchev–Trinajstić information content (AvgIpc) is 2.61. The molecule has 2 heterocycles. The monoisotopic (exact) mass is 408 g/mol. The number of benzene rings is 1. The standard InChI is InChI=1S/C15H12BrFN4O2.C2H6/c16-10-1-2-11-9(5-10)3-4-21(15(11)23)7-13(22)20-14-12(17)6-18-8-19-14;1-2/h1-2,5-6,8H,3-4,7H2,(H,18,19,20,22);1-2H3. The third-order valence-electron chi connectivity index (χ3n) is 3.50. The van der Waals surface area contributed by atoms with Gasteiger partial charge in [0.25, 0.3) is 5.91 Å². The van der Waals surface area contributed by atoms with Gasteiger partial charge in [-0.15, -0.1) is 0 Å². The quantitative estimate of drug-likeness (QED) is 0.846. The lowest BCUT2D eigenvalue weighted by Crippen LogP contribution is -2.42. The Kier molecular flexibility index (Phi) is 6.58. The van der Waals surface area contributed by atoms with Crippen LogP contribution in [0.5, 0.6) is 0 Å². The molecule has 1 aliphatic rings. The van der Waals surface area contributed by atoms with Crippen LogP contribution in [0.1, 0.15) is 29.8 Å². The number of nitrogens with one attached hydrogen (secondary N) is 1. The number of halogens is 2. The highest BCUT2D eigenvalue weighted by atomic mass is 79.9. The van der Waals surface area contributed by atoms with Gasteiger partial charge in [0, 0.05) is 16.6 Å². The van der Waals surface area contributed by atoms with Crippen molar-refractivity contribution in [2.45, 2.75) is 20.3 Å². The molecule has 1 aromatic heterocycles. The molecule has 0 bridgehead atoms. The second-order valence-corrected chi connectivity index (χ2v) is 5.96. The van der Waals surface area contributed by atoms with Gasteiger partial charge in [-0.25, -0.2) is 14.4 Å². The second-order valence-electron chi connectivity index (χ2n) is 5.05. The fraction of sp³-hybridized carbons (Fsp3) is 0.294. The van der Waals surface area contributed by atoms with E-state index >= 15 is 0 Å². The van der Waals surface area contributed by atoms with Gasteiger partial charge in [0.15, 0.2) is 11.6 Å². The number of hydrogen-bond acceptors (Lipinski definition) is 4. The fourth-order valence-electron chi connectivity index (χ4n) is 2.41. The van der Waals surface area contributed by atoms with E-state index in [2.05, 4.69) is 31.2 Å². The highest BCUT2D eigenvalue weighted by Gasteiger charge is 2.26. The zero-order valence-electron chi connectivity index (χ0n) is 13.9. The first-order chi connectivity index (χ1) is 12.0. The molecule has 2 aromatic rings. The Bertz CT molecular complexity index is 785. The molecule has 25 heavy (non-hydrogen) atoms. The summed E-state index contributed by atoms with van der Waals surface area (Å²) in [7, 11) is 0. The second kappa shape index (κ2) is 8.66. The summed E-state index contributed by atoms with van der Waals surface area (Å²) in [5.41, 5.74) is 1.53. The topological polar surface area (TPSA) is 75.2 Å². The molecule has 2 amide bonds. The van der Waals surface area contributed by atoms with Gasteiger partial charge in [0.05, 0.1) is 6.20 Å². The molecular weight excluding hydrogens is 391 g/mol. The third-order valence-corrected chi connectivity index (χ3v) is 3.99. The molecule has 0 unspecified atom stereocenters. The van der Waals surface area contributed by atoms with Crippen LogP contribution in [0.2, 0.25) is 0 Å². The van der Waals surface area contributed by atoms with E-state index in [4.69, 9.17) is 0 Å². The number of aromatic nitrogens is 2. The Hall–Kier alpha value is -2.35. The molecule has 1 N–H and O–H groups in total. The molecule has 3 rings (SSSR count). The molecule has 132 valence electrons. The van der Waals surface area contributed by atoms with Crippen LogP contribution in [-0.4, -0.2) is 39.8 Å². The summed E-state index contributed by atoms with van der Waals surface area (Å²) in [4.78, 5) is 33.0. The van der Waals surface area contributed by atoms with Crippen LogP contribution in [0.15, 0.2) is 35.2 Å². The summed E-state index contributed by atoms with van der Waals surface area (Å²) < 4.78 is 14.3. The summed E-state index contributed by atoms with van der Waals surface area (Å²) in [5, 5.41) is 2.34. The van der Waals surface area contributed by atoms with E-state index in [1.165, 1.54) is 4.90 Å². The third kappa shape index (κ3) is 4.60. The maximum atomic E-state index is 13.4. The Balaban J connectivity index is 0.00000109. The number of amides is 2. The first-order valence-corrected chi connectivity index (χ1v) is 8.67. The van der Waals surface area contributed by atoms with Gasteiger partial charge in [-0.3, -0.25) is 9.59 Å². The Morgan fingerprint density at radius 2 is 2.16 bits per heavy atom. The maximum Gasteiger partial charge on any atom is 0.254 e. The van der Waals surface area contributed by atoms with Crippen molar-refractivity contribution in [2.75, 3.05) is 18.4 Å². The van der Waals surface area contributed by atoms with Crippen molar-refractivity contribution in [3.63, 3.8) is 0 Å². The molecule has 0 atom stereocenters. The van der Waals surface area contributed by atoms with Crippen LogP contribution >= 0.6 is 15.9 Å². The van der Waals surface area contributed by atoms with Crippen LogP contribution < -0.4 is 5.32 Å². The van der Waals surface area contributed by atoms with Crippen LogP contribution in [0.3, 0.4) is 0 Å². The van der Waals surface area contributed by atoms with Crippen LogP contribution in [-0.2, 0) is 11.2 Å². The van der Waals surface area contributed by atoms with Gasteiger partial charge in [-0.05, 0) is 30.2 Å². The van der Waals surface area contributed by atoms with E-state index in [1.807, 2.05) is 19.9 Å². The SMILES string of the molecule is CC.O=C(CN1CCc2cc(Br)ccc2C1=O)Nc1ncncc1F. The van der Waals surface area contributed by atoms with E-state index in [-0.39, 0.29) is 18.3 Å². The van der Waals surface area contributed by atoms with Gasteiger partial charge >= 0.3 is 0 Å². The number of hydrogen-bond donors (Lipinski definition) is 1. The van der Waals surface area contributed by atoms with E-state index in [0.29, 0.717) is 18.5 Å². The predicted octanol–water partition coefficient (Wildman–Crippen LogP) is 3.04. The molecule has 0 spiro atoms. The van der Waals surface area contributed by atoms with Gasteiger partial charge in [-0.2, -0.15) is 0 Å². The van der Waals surface area contributed by atoms with E-state index in [1.54, 1.807) is 12.1 Å². The lowest BCUT2D eigenvalue weighted by atomic mass is 9.99. The van der Waals surface area contributed by atoms with Crippen LogP contribution in [0.25, 0.3) is 0 Å². The minimum absolute atomic E-state index is 0.155. The number of fused-ring (bicyclic) bond motifs is 1. The highest BCUT2D eigenvalue weighted by molar-refractivity contribution is 9.10. The first-order valence-electron chi connectivity index (χ1n) is 7.87. The Morgan fingerprint density at radius 1 is 1.40 bits per heavy atom. The zero-order chi connectivity index (χ0) is 18.4. The predicted molar refractivity (Wildman–Crippen MR) is 95.7 cm³/mol. The molecule has 0 saturated heterocycles. The number of anilines is 1. The van der Waals surface area contributed by atoms with Crippen molar-refractivity contribution in [3.05, 3.63) is 52.1 Å². The van der Waals surface area contributed by atoms with Crippen LogP contribution in [0.4, 0.5) is 10.2 Å². The lowest BCUT2D eigenvalue weighted by molar-refractivity contribution is -0.117. The van der Waals surface area contributed by atoms with Gasteiger partial charge < -0.3 is 10.2 Å². The molecule has 0 radical (unpaired) electrons. The highest BCUT2D eigenvalue weighted by Crippen LogP contribution is 2.22. The Morgan fingerprint density at radius 3 is 2.88 bits per heavy atom. The summed E-state index contributed by atoms with van der Waals surface area (Å²) >= 11 is 3.37. The van der Waals surface area contributed by atoms with Crippen molar-refractivity contribution < 1.29 is 14.0 Å². The minimum atomic E-state index is -0.721. The van der Waals surface area contributed by atoms with Gasteiger partial charge in [0.2, 0.25) is 5.91 Å². The van der Waals surface area contributed by atoms with Crippen molar-refractivity contribution in [3.8, 4) is 0 Å². The van der Waals surface area contributed by atoms with E-state index < -0.39 is 11.7 Å². The molecule has 6 nitrogen and oxygen atoms in total. The van der Waals surface area contributed by atoms with Gasteiger partial charge in [0.1, 0.15) is 12.9 Å². The lowest BCUT2D eigenvalue weighted by Gasteiger charge is -2.28. The first kappa shape index (κ1) is 19.0. The normalized spacial score (nSPS) is 12.8. The van der Waals surface area contributed by atoms with Crippen molar-refractivity contribution in [1.82, 2.24) is 14.9 Å². The van der Waals surface area contributed by atoms with Crippen molar-refractivity contribution in [2.24, 2.45) is 0 Å². The Labute approximate surface area is 153 Å². The van der Waals surface area contributed by atoms with Crippen molar-refractivity contribution >= 4 is 33.6 Å². The summed E-state index contributed by atoms with van der Waals surface area (Å²) in [6.07, 6.45) is 2.76. The molecule has 0 aliphatic carbocycles.